The van der Waals surface area contributed by atoms with Crippen molar-refractivity contribution in [2.45, 2.75) is 50.7 Å². The van der Waals surface area contributed by atoms with Gasteiger partial charge in [-0.05, 0) is 43.0 Å². The lowest BCUT2D eigenvalue weighted by Gasteiger charge is -2.25. The maximum Gasteiger partial charge on any atom is 0.295 e. The van der Waals surface area contributed by atoms with Crippen LogP contribution in [0.5, 0.6) is 0 Å². The van der Waals surface area contributed by atoms with Crippen molar-refractivity contribution in [3.63, 3.8) is 0 Å². The summed E-state index contributed by atoms with van der Waals surface area (Å²) < 4.78 is 91.2. The Bertz CT molecular complexity index is 1890. The second kappa shape index (κ2) is 11.4. The molecule has 1 saturated heterocycles. The normalized spacial score (nSPS) is 19.6. The summed E-state index contributed by atoms with van der Waals surface area (Å²) in [4.78, 5) is 21.4. The molecule has 3 aromatic heterocycles. The van der Waals surface area contributed by atoms with Crippen molar-refractivity contribution in [1.82, 2.24) is 24.3 Å². The van der Waals surface area contributed by atoms with Crippen LogP contribution in [0.1, 0.15) is 49.9 Å². The molecule has 2 fully saturated rings. The summed E-state index contributed by atoms with van der Waals surface area (Å²) in [5.74, 6) is -5.82. The number of nitrogens with zero attached hydrogens (tertiary/aromatic N) is 6. The van der Waals surface area contributed by atoms with E-state index in [9.17, 15) is 30.8 Å². The van der Waals surface area contributed by atoms with E-state index in [1.165, 1.54) is 17.7 Å². The molecule has 0 radical (unpaired) electrons. The van der Waals surface area contributed by atoms with Crippen LogP contribution >= 0.6 is 0 Å². The van der Waals surface area contributed by atoms with E-state index in [0.29, 0.717) is 18.6 Å². The zero-order valence-corrected chi connectivity index (χ0v) is 25.5. The van der Waals surface area contributed by atoms with Crippen LogP contribution in [0.3, 0.4) is 0 Å². The minimum atomic E-state index is -3.76. The molecule has 6 rings (SSSR count). The van der Waals surface area contributed by atoms with Crippen molar-refractivity contribution in [2.75, 3.05) is 29.5 Å². The Morgan fingerprint density at radius 2 is 1.93 bits per heavy atom. The zero-order valence-electron chi connectivity index (χ0n) is 24.7. The molecule has 2 atom stereocenters. The van der Waals surface area contributed by atoms with Crippen LogP contribution in [0, 0.1) is 5.92 Å². The highest BCUT2D eigenvalue weighted by Crippen LogP contribution is 2.49. The van der Waals surface area contributed by atoms with Crippen LogP contribution in [0.2, 0.25) is 0 Å². The molecule has 0 bridgehead atoms. The third kappa shape index (κ3) is 6.12. The van der Waals surface area contributed by atoms with E-state index in [4.69, 9.17) is 4.74 Å². The molecule has 16 heteroatoms. The van der Waals surface area contributed by atoms with E-state index in [2.05, 4.69) is 20.4 Å². The van der Waals surface area contributed by atoms with E-state index in [-0.39, 0.29) is 33.9 Å². The first-order valence-electron chi connectivity index (χ1n) is 14.3. The summed E-state index contributed by atoms with van der Waals surface area (Å²) in [5, 5.41) is 7.29. The smallest absolute Gasteiger partial charge is 0.295 e. The fraction of sp³-hybridized carbons (Fsp3) is 0.448. The number of Topliss-reactive ketones (excluding diaryl/α,β-unsaturated/α-hetero) is 1. The number of pyridine rings is 1. The molecule has 11 nitrogen and oxygen atoms in total. The molecule has 45 heavy (non-hydrogen) atoms. The van der Waals surface area contributed by atoms with Crippen LogP contribution in [0.4, 0.5) is 34.6 Å². The summed E-state index contributed by atoms with van der Waals surface area (Å²) in [6, 6.07) is 6.39. The molecular formula is C29H31F4N7O4S. The van der Waals surface area contributed by atoms with Gasteiger partial charge in [-0.15, -0.1) is 0 Å². The number of nitrogens with one attached hydrogen (secondary N) is 1. The van der Waals surface area contributed by atoms with Gasteiger partial charge in [-0.25, -0.2) is 35.9 Å². The lowest BCUT2D eigenvalue weighted by molar-refractivity contribution is -0.121. The maximum absolute atomic E-state index is 14.4. The highest BCUT2D eigenvalue weighted by molar-refractivity contribution is 7.92. The second-order valence-electron chi connectivity index (χ2n) is 11.4. The third-order valence-electron chi connectivity index (χ3n) is 8.08. The predicted octanol–water partition coefficient (Wildman–Crippen LogP) is 5.37. The number of sulfonamides is 1. The average molecular weight is 650 g/mol. The van der Waals surface area contributed by atoms with Gasteiger partial charge in [0, 0.05) is 45.3 Å². The number of alkyl halides is 4. The summed E-state index contributed by atoms with van der Waals surface area (Å²) in [6.45, 7) is 0.345. The van der Waals surface area contributed by atoms with Gasteiger partial charge < -0.3 is 10.1 Å². The topological polar surface area (TPSA) is 124 Å². The number of imidazole rings is 1. The zero-order chi connectivity index (χ0) is 32.3. The van der Waals surface area contributed by atoms with E-state index >= 15 is 0 Å². The minimum absolute atomic E-state index is 0.00226. The molecular weight excluding hydrogens is 618 g/mol. The minimum Gasteiger partial charge on any atom is -0.358 e. The molecule has 4 aromatic rings. The summed E-state index contributed by atoms with van der Waals surface area (Å²) >= 11 is 0. The number of halogens is 4. The Hall–Kier alpha value is -4.05. The van der Waals surface area contributed by atoms with E-state index < -0.39 is 59.0 Å². The van der Waals surface area contributed by atoms with Gasteiger partial charge in [0.1, 0.15) is 17.5 Å². The first kappa shape index (κ1) is 31.0. The van der Waals surface area contributed by atoms with Crippen molar-refractivity contribution in [3.8, 4) is 11.1 Å². The fourth-order valence-corrected chi connectivity index (χ4v) is 6.03. The van der Waals surface area contributed by atoms with Crippen molar-refractivity contribution in [2.24, 2.45) is 13.0 Å². The SMILES string of the molecule is CN(c1cc(-c2cnn(C)c2)ccc1Nc1cc(CC(=O)C2CC2(F)F)nc2c1nc(C(F)F)n2C1CCCCO1)S(C)(=O)=O. The Kier molecular flexibility index (Phi) is 7.83. The number of ether oxygens (including phenoxy) is 1. The van der Waals surface area contributed by atoms with Crippen LogP contribution in [0.25, 0.3) is 22.3 Å². The molecule has 1 N–H and O–H groups in total. The van der Waals surface area contributed by atoms with Gasteiger partial charge in [0.15, 0.2) is 11.5 Å². The summed E-state index contributed by atoms with van der Waals surface area (Å²) in [6.07, 6.45) is 1.52. The van der Waals surface area contributed by atoms with Gasteiger partial charge in [0.2, 0.25) is 10.0 Å². The monoisotopic (exact) mass is 649 g/mol. The van der Waals surface area contributed by atoms with Gasteiger partial charge in [-0.2, -0.15) is 5.10 Å². The number of aromatic nitrogens is 5. The summed E-state index contributed by atoms with van der Waals surface area (Å²) in [7, 11) is -0.648. The number of fused-ring (bicyclic) bond motifs is 1. The Labute approximate surface area is 256 Å². The Balaban J connectivity index is 1.50. The largest absolute Gasteiger partial charge is 0.358 e. The molecule has 1 aromatic carbocycles. The molecule has 0 spiro atoms. The molecule has 0 amide bonds. The number of hydrogen-bond donors (Lipinski definition) is 1. The molecule has 2 aliphatic rings. The number of carbonyl (C=O) groups excluding carboxylic acids is 1. The van der Waals surface area contributed by atoms with Crippen molar-refractivity contribution < 1.29 is 35.5 Å². The van der Waals surface area contributed by atoms with E-state index in [1.807, 2.05) is 0 Å². The first-order chi connectivity index (χ1) is 21.2. The van der Waals surface area contributed by atoms with Crippen molar-refractivity contribution in [3.05, 3.63) is 48.2 Å². The Morgan fingerprint density at radius 1 is 1.18 bits per heavy atom. The molecule has 240 valence electrons. The highest BCUT2D eigenvalue weighted by atomic mass is 32.2. The standard InChI is InChI=1S/C29H31F4N7O4S/c1-38-15-17(14-34-38)16-7-8-20(22(10-16)39(2)45(3,42)43)36-21-11-18(12-23(41)19-13-29(19,32)33)35-27-25(21)37-28(26(30)31)40(27)24-6-4-5-9-44-24/h7-8,10-11,14-15,19,24,26H,4-6,9,12-13H2,1-3H3,(H,35,36). The van der Waals surface area contributed by atoms with Crippen molar-refractivity contribution >= 4 is 44.0 Å². The first-order valence-corrected chi connectivity index (χ1v) is 16.1. The molecule has 1 saturated carbocycles. The van der Waals surface area contributed by atoms with Crippen molar-refractivity contribution in [1.29, 1.82) is 0 Å². The second-order valence-corrected chi connectivity index (χ2v) is 13.5. The van der Waals surface area contributed by atoms with Gasteiger partial charge in [0.25, 0.3) is 12.3 Å². The van der Waals surface area contributed by atoms with Crippen LogP contribution in [0.15, 0.2) is 36.7 Å². The van der Waals surface area contributed by atoms with E-state index in [1.54, 1.807) is 42.3 Å². The maximum atomic E-state index is 14.4. The number of benzene rings is 1. The molecule has 1 aliphatic heterocycles. The van der Waals surface area contributed by atoms with Crippen LogP contribution in [-0.2, 0) is 33.0 Å². The molecule has 2 unspecified atom stereocenters. The number of carbonyl (C=O) groups is 1. The number of anilines is 3. The van der Waals surface area contributed by atoms with Gasteiger partial charge in [0.05, 0.1) is 41.1 Å². The van der Waals surface area contributed by atoms with Crippen LogP contribution < -0.4 is 9.62 Å². The lowest BCUT2D eigenvalue weighted by atomic mass is 10.1. The number of ketones is 1. The summed E-state index contributed by atoms with van der Waals surface area (Å²) in [5.41, 5.74) is 2.12. The number of aryl methyl sites for hydroxylation is 1. The lowest BCUT2D eigenvalue weighted by Crippen LogP contribution is -2.25. The Morgan fingerprint density at radius 3 is 2.53 bits per heavy atom. The van der Waals surface area contributed by atoms with E-state index in [0.717, 1.165) is 29.0 Å². The van der Waals surface area contributed by atoms with Crippen LogP contribution in [-0.4, -0.2) is 64.3 Å². The van der Waals surface area contributed by atoms with Gasteiger partial charge in [-0.3, -0.25) is 18.3 Å². The van der Waals surface area contributed by atoms with Gasteiger partial charge >= 0.3 is 0 Å². The predicted molar refractivity (Wildman–Crippen MR) is 158 cm³/mol. The van der Waals surface area contributed by atoms with Gasteiger partial charge in [-0.1, -0.05) is 6.07 Å². The molecule has 1 aliphatic carbocycles. The quantitative estimate of drug-likeness (QED) is 0.227. The highest BCUT2D eigenvalue weighted by Gasteiger charge is 2.60. The average Bonchev–Trinajstić information content (AvgIpc) is 3.27. The number of hydrogen-bond acceptors (Lipinski definition) is 8. The third-order valence-corrected chi connectivity index (χ3v) is 9.27. The number of rotatable bonds is 10. The molecule has 4 heterocycles. The fourth-order valence-electron chi connectivity index (χ4n) is 5.52.